The summed E-state index contributed by atoms with van der Waals surface area (Å²) in [7, 11) is 0. The van der Waals surface area contributed by atoms with Gasteiger partial charge in [-0.3, -0.25) is 0 Å². The summed E-state index contributed by atoms with van der Waals surface area (Å²) in [6.45, 7) is -0.784. The number of carbonyl (C=O) groups excluding carboxylic acids is 1. The number of nitrogens with one attached hydrogen (secondary N) is 2. The molecule has 4 N–H and O–H groups in total. The molecule has 0 unspecified atom stereocenters. The molecule has 0 saturated carbocycles. The number of hydrogen-bond donors (Lipinski definition) is 4. The van der Waals surface area contributed by atoms with Gasteiger partial charge in [0.15, 0.2) is 6.04 Å². The maximum Gasteiger partial charge on any atom is 0.328 e. The van der Waals surface area contributed by atoms with Gasteiger partial charge in [0, 0.05) is 0 Å². The molecule has 9 heteroatoms. The van der Waals surface area contributed by atoms with Crippen LogP contribution in [0.2, 0.25) is 10.0 Å². The summed E-state index contributed by atoms with van der Waals surface area (Å²) >= 11 is 11.4. The zero-order valence-electron chi connectivity index (χ0n) is 9.28. The second kappa shape index (κ2) is 6.55. The van der Waals surface area contributed by atoms with E-state index in [2.05, 4.69) is 5.32 Å². The van der Waals surface area contributed by atoms with Crippen molar-refractivity contribution in [3.05, 3.63) is 28.0 Å². The van der Waals surface area contributed by atoms with Crippen LogP contribution in [0.15, 0.2) is 12.1 Å². The Morgan fingerprint density at radius 3 is 2.26 bits per heavy atom. The molecule has 0 bridgehead atoms. The van der Waals surface area contributed by atoms with Gasteiger partial charge >= 0.3 is 12.0 Å². The van der Waals surface area contributed by atoms with Crippen molar-refractivity contribution >= 4 is 40.9 Å². The van der Waals surface area contributed by atoms with Crippen LogP contribution in [0.25, 0.3) is 0 Å². The average molecular weight is 311 g/mol. The lowest BCUT2D eigenvalue weighted by Gasteiger charge is -2.14. The molecule has 0 aromatic heterocycles. The number of aliphatic hydroxyl groups excluding tert-OH is 1. The van der Waals surface area contributed by atoms with E-state index in [1.54, 1.807) is 0 Å². The van der Waals surface area contributed by atoms with Gasteiger partial charge in [-0.2, -0.15) is 0 Å². The zero-order chi connectivity index (χ0) is 14.6. The number of amides is 2. The highest BCUT2D eigenvalue weighted by Crippen LogP contribution is 2.31. The van der Waals surface area contributed by atoms with E-state index in [0.717, 1.165) is 12.1 Å². The van der Waals surface area contributed by atoms with Gasteiger partial charge in [0.2, 0.25) is 0 Å². The van der Waals surface area contributed by atoms with Gasteiger partial charge in [-0.25, -0.2) is 14.0 Å². The van der Waals surface area contributed by atoms with Crippen LogP contribution < -0.4 is 10.6 Å². The topological polar surface area (TPSA) is 98.7 Å². The van der Waals surface area contributed by atoms with E-state index in [0.29, 0.717) is 0 Å². The van der Waals surface area contributed by atoms with Crippen molar-refractivity contribution in [1.29, 1.82) is 0 Å². The molecule has 0 heterocycles. The summed E-state index contributed by atoms with van der Waals surface area (Å²) in [4.78, 5) is 22.1. The molecule has 6 nitrogen and oxygen atoms in total. The minimum absolute atomic E-state index is 0.0655. The van der Waals surface area contributed by atoms with Gasteiger partial charge in [-0.1, -0.05) is 23.2 Å². The van der Waals surface area contributed by atoms with Gasteiger partial charge in [0.05, 0.1) is 22.3 Å². The lowest BCUT2D eigenvalue weighted by atomic mass is 10.3. The van der Waals surface area contributed by atoms with Gasteiger partial charge < -0.3 is 20.8 Å². The number of aliphatic carboxylic acids is 1. The Kier molecular flexibility index (Phi) is 5.34. The molecular formula is C10H9Cl2FN2O4. The summed E-state index contributed by atoms with van der Waals surface area (Å²) < 4.78 is 12.9. The predicted octanol–water partition coefficient (Wildman–Crippen LogP) is 1.70. The van der Waals surface area contributed by atoms with Crippen LogP contribution in [0.3, 0.4) is 0 Å². The summed E-state index contributed by atoms with van der Waals surface area (Å²) in [6, 6.07) is -0.553. The van der Waals surface area contributed by atoms with Crippen molar-refractivity contribution in [2.75, 3.05) is 11.9 Å². The van der Waals surface area contributed by atoms with Gasteiger partial charge in [-0.05, 0) is 12.1 Å². The van der Waals surface area contributed by atoms with Crippen molar-refractivity contribution in [2.24, 2.45) is 0 Å². The second-order valence-electron chi connectivity index (χ2n) is 3.42. The number of benzene rings is 1. The first kappa shape index (κ1) is 15.5. The second-order valence-corrected chi connectivity index (χ2v) is 4.23. The minimum atomic E-state index is -1.47. The van der Waals surface area contributed by atoms with Crippen LogP contribution in [0.5, 0.6) is 0 Å². The Labute approximate surface area is 117 Å². The summed E-state index contributed by atoms with van der Waals surface area (Å²) in [5.41, 5.74) is -0.0655. The summed E-state index contributed by atoms with van der Waals surface area (Å²) in [6.07, 6.45) is 0. The molecule has 104 valence electrons. The lowest BCUT2D eigenvalue weighted by molar-refractivity contribution is -0.140. The van der Waals surface area contributed by atoms with Crippen molar-refractivity contribution in [1.82, 2.24) is 5.32 Å². The Balaban J connectivity index is 2.80. The molecule has 0 saturated heterocycles. The van der Waals surface area contributed by atoms with Crippen molar-refractivity contribution < 1.29 is 24.2 Å². The smallest absolute Gasteiger partial charge is 0.328 e. The van der Waals surface area contributed by atoms with E-state index in [-0.39, 0.29) is 15.7 Å². The number of rotatable bonds is 4. The standard InChI is InChI=1S/C10H9Cl2FN2O4/c11-5-1-4(13)2-6(12)8(5)15-10(19)14-7(3-16)9(17)18/h1-2,7,16H,3H2,(H,17,18)(H2,14,15,19)/t7-/m1/s1. The predicted molar refractivity (Wildman–Crippen MR) is 67.1 cm³/mol. The highest BCUT2D eigenvalue weighted by molar-refractivity contribution is 6.39. The molecule has 2 amide bonds. The Hall–Kier alpha value is -1.57. The summed E-state index contributed by atoms with van der Waals surface area (Å²) in [5.74, 6) is -2.09. The molecule has 0 aliphatic carbocycles. The highest BCUT2D eigenvalue weighted by Gasteiger charge is 2.20. The fraction of sp³-hybridized carbons (Fsp3) is 0.200. The monoisotopic (exact) mass is 310 g/mol. The Bertz CT molecular complexity index is 489. The highest BCUT2D eigenvalue weighted by atomic mass is 35.5. The molecule has 1 atom stereocenters. The van der Waals surface area contributed by atoms with E-state index in [1.807, 2.05) is 5.32 Å². The molecule has 0 aliphatic rings. The first-order valence-corrected chi connectivity index (χ1v) is 5.66. The van der Waals surface area contributed by atoms with Crippen LogP contribution >= 0.6 is 23.2 Å². The van der Waals surface area contributed by atoms with Crippen LogP contribution in [0.4, 0.5) is 14.9 Å². The fourth-order valence-corrected chi connectivity index (χ4v) is 1.71. The number of carboxylic acid groups (broad SMARTS) is 1. The fourth-order valence-electron chi connectivity index (χ4n) is 1.15. The van der Waals surface area contributed by atoms with E-state index in [4.69, 9.17) is 33.4 Å². The van der Waals surface area contributed by atoms with Gasteiger partial charge in [0.1, 0.15) is 5.82 Å². The van der Waals surface area contributed by atoms with Crippen molar-refractivity contribution in [3.63, 3.8) is 0 Å². The number of halogens is 3. The van der Waals surface area contributed by atoms with E-state index < -0.39 is 30.5 Å². The van der Waals surface area contributed by atoms with Crippen molar-refractivity contribution in [2.45, 2.75) is 6.04 Å². The molecular weight excluding hydrogens is 302 g/mol. The van der Waals surface area contributed by atoms with E-state index in [1.165, 1.54) is 0 Å². The van der Waals surface area contributed by atoms with Crippen LogP contribution in [0.1, 0.15) is 0 Å². The van der Waals surface area contributed by atoms with Crippen LogP contribution in [0, 0.1) is 5.82 Å². The average Bonchev–Trinajstić information content (AvgIpc) is 2.30. The molecule has 0 spiro atoms. The summed E-state index contributed by atoms with van der Waals surface area (Å²) in [5, 5.41) is 21.2. The zero-order valence-corrected chi connectivity index (χ0v) is 10.8. The minimum Gasteiger partial charge on any atom is -0.480 e. The maximum absolute atomic E-state index is 12.9. The Morgan fingerprint density at radius 1 is 1.32 bits per heavy atom. The normalized spacial score (nSPS) is 11.8. The third-order valence-corrected chi connectivity index (χ3v) is 2.63. The largest absolute Gasteiger partial charge is 0.480 e. The van der Waals surface area contributed by atoms with Gasteiger partial charge in [-0.15, -0.1) is 0 Å². The number of anilines is 1. The number of urea groups is 1. The number of carboxylic acids is 1. The molecule has 0 aliphatic heterocycles. The van der Waals surface area contributed by atoms with E-state index in [9.17, 15) is 14.0 Å². The molecule has 1 rings (SSSR count). The Morgan fingerprint density at radius 2 is 1.84 bits per heavy atom. The number of hydrogen-bond acceptors (Lipinski definition) is 3. The maximum atomic E-state index is 12.9. The lowest BCUT2D eigenvalue weighted by Crippen LogP contribution is -2.45. The first-order valence-electron chi connectivity index (χ1n) is 4.91. The molecule has 0 fully saturated rings. The SMILES string of the molecule is O=C(Nc1c(Cl)cc(F)cc1Cl)N[C@H](CO)C(=O)O. The quantitative estimate of drug-likeness (QED) is 0.680. The number of carbonyl (C=O) groups is 2. The first-order chi connectivity index (χ1) is 8.85. The molecule has 19 heavy (non-hydrogen) atoms. The molecule has 0 radical (unpaired) electrons. The van der Waals surface area contributed by atoms with Crippen molar-refractivity contribution in [3.8, 4) is 0 Å². The van der Waals surface area contributed by atoms with E-state index >= 15 is 0 Å². The van der Waals surface area contributed by atoms with Crippen LogP contribution in [-0.2, 0) is 4.79 Å². The van der Waals surface area contributed by atoms with Gasteiger partial charge in [0.25, 0.3) is 0 Å². The molecule has 1 aromatic carbocycles. The number of aliphatic hydroxyl groups is 1. The third kappa shape index (κ3) is 4.23. The van der Waals surface area contributed by atoms with Crippen LogP contribution in [-0.4, -0.2) is 34.9 Å². The third-order valence-electron chi connectivity index (χ3n) is 2.03. The molecule has 1 aromatic rings.